The molecule has 1 N–H and O–H groups in total. The van der Waals surface area contributed by atoms with Gasteiger partial charge in [0.25, 0.3) is 11.8 Å². The van der Waals surface area contributed by atoms with E-state index in [1.807, 2.05) is 30.3 Å². The highest BCUT2D eigenvalue weighted by molar-refractivity contribution is 7.98. The maximum absolute atomic E-state index is 12.3. The molecule has 0 aliphatic heterocycles. The van der Waals surface area contributed by atoms with Gasteiger partial charge in [-0.25, -0.2) is 0 Å². The number of amides is 2. The Hall–Kier alpha value is -2.85. The Morgan fingerprint density at radius 3 is 2.56 bits per heavy atom. The minimum absolute atomic E-state index is 0.368. The molecule has 1 heterocycles. The molecule has 2 amide bonds. The lowest BCUT2D eigenvalue weighted by molar-refractivity contribution is -0.128. The van der Waals surface area contributed by atoms with Crippen molar-refractivity contribution in [3.63, 3.8) is 0 Å². The normalized spacial score (nSPS) is 11.2. The van der Waals surface area contributed by atoms with Crippen molar-refractivity contribution in [2.75, 3.05) is 12.8 Å². The van der Waals surface area contributed by atoms with Crippen LogP contribution < -0.4 is 5.32 Å². The number of nitrogens with zero attached hydrogens (tertiary/aromatic N) is 3. The molecule has 0 aliphatic carbocycles. The summed E-state index contributed by atoms with van der Waals surface area (Å²) in [5.41, 5.74) is 1.55. The molecule has 1 atom stereocenters. The van der Waals surface area contributed by atoms with Crippen molar-refractivity contribution >= 4 is 23.6 Å². The molecule has 6 nitrogen and oxygen atoms in total. The Morgan fingerprint density at radius 2 is 1.92 bits per heavy atom. The Balaban J connectivity index is 2.01. The Labute approximate surface area is 150 Å². The van der Waals surface area contributed by atoms with Crippen LogP contribution in [-0.2, 0) is 10.5 Å². The minimum Gasteiger partial charge on any atom is -0.339 e. The van der Waals surface area contributed by atoms with Crippen molar-refractivity contribution in [2.45, 2.75) is 11.8 Å². The molecule has 1 aromatic carbocycles. The van der Waals surface area contributed by atoms with E-state index < -0.39 is 11.9 Å². The van der Waals surface area contributed by atoms with E-state index in [0.29, 0.717) is 17.1 Å². The number of benzene rings is 1. The van der Waals surface area contributed by atoms with E-state index in [0.717, 1.165) is 10.5 Å². The highest BCUT2D eigenvalue weighted by atomic mass is 32.2. The van der Waals surface area contributed by atoms with Gasteiger partial charge in [0.05, 0.1) is 0 Å². The van der Waals surface area contributed by atoms with Gasteiger partial charge in [-0.15, -0.1) is 0 Å². The van der Waals surface area contributed by atoms with Gasteiger partial charge in [0.1, 0.15) is 6.04 Å². The maximum Gasteiger partial charge on any atom is 0.258 e. The van der Waals surface area contributed by atoms with Crippen LogP contribution in [0.25, 0.3) is 0 Å². The molecule has 0 saturated carbocycles. The first-order valence-electron chi connectivity index (χ1n) is 7.61. The molecule has 0 radical (unpaired) electrons. The fourth-order valence-corrected chi connectivity index (χ4v) is 3.08. The second kappa shape index (κ2) is 9.45. The van der Waals surface area contributed by atoms with Crippen LogP contribution >= 0.6 is 11.8 Å². The number of pyridine rings is 1. The summed E-state index contributed by atoms with van der Waals surface area (Å²) in [6, 6.07) is 12.2. The third kappa shape index (κ3) is 5.62. The van der Waals surface area contributed by atoms with E-state index in [9.17, 15) is 9.59 Å². The van der Waals surface area contributed by atoms with Gasteiger partial charge in [0.15, 0.2) is 6.19 Å². The zero-order chi connectivity index (χ0) is 18.1. The van der Waals surface area contributed by atoms with Crippen molar-refractivity contribution < 1.29 is 9.59 Å². The summed E-state index contributed by atoms with van der Waals surface area (Å²) in [5, 5.41) is 11.6. The van der Waals surface area contributed by atoms with E-state index in [4.69, 9.17) is 5.26 Å². The molecule has 0 spiro atoms. The van der Waals surface area contributed by atoms with E-state index in [1.54, 1.807) is 18.3 Å². The van der Waals surface area contributed by atoms with Crippen molar-refractivity contribution in [3.05, 3.63) is 66.0 Å². The van der Waals surface area contributed by atoms with Crippen molar-refractivity contribution in [1.29, 1.82) is 5.26 Å². The van der Waals surface area contributed by atoms with Crippen LogP contribution in [0.5, 0.6) is 0 Å². The number of hydrogen-bond acceptors (Lipinski definition) is 5. The molecule has 0 saturated heterocycles. The number of thioether (sulfide) groups is 1. The number of aromatic nitrogens is 1. The predicted molar refractivity (Wildman–Crippen MR) is 96.5 cm³/mol. The summed E-state index contributed by atoms with van der Waals surface area (Å²) in [4.78, 5) is 29.4. The molecule has 128 valence electrons. The number of nitrogens with one attached hydrogen (secondary N) is 1. The second-order valence-electron chi connectivity index (χ2n) is 5.26. The fraction of sp³-hybridized carbons (Fsp3) is 0.222. The zero-order valence-corrected chi connectivity index (χ0v) is 14.6. The molecule has 25 heavy (non-hydrogen) atoms. The topological polar surface area (TPSA) is 86.1 Å². The second-order valence-corrected chi connectivity index (χ2v) is 6.29. The Bertz CT molecular complexity index is 747. The quantitative estimate of drug-likeness (QED) is 0.607. The highest BCUT2D eigenvalue weighted by Crippen LogP contribution is 2.14. The van der Waals surface area contributed by atoms with Crippen LogP contribution in [0.4, 0.5) is 0 Å². The molecule has 0 aliphatic rings. The number of rotatable bonds is 7. The van der Waals surface area contributed by atoms with Crippen LogP contribution in [0.3, 0.4) is 0 Å². The Kier molecular flexibility index (Phi) is 6.99. The first kappa shape index (κ1) is 18.5. The van der Waals surface area contributed by atoms with Crippen LogP contribution in [0.15, 0.2) is 54.9 Å². The lowest BCUT2D eigenvalue weighted by Gasteiger charge is -2.20. The standard InChI is InChI=1S/C18H18N4O2S/c1-22(13-19)18(24)16(12-25-11-14-5-3-2-4-6-14)21-17(23)15-7-9-20-10-8-15/h2-10,16H,11-12H2,1H3,(H,21,23)/t16-/m0/s1. The van der Waals surface area contributed by atoms with Gasteiger partial charge < -0.3 is 5.32 Å². The van der Waals surface area contributed by atoms with Crippen LogP contribution in [0.1, 0.15) is 15.9 Å². The maximum atomic E-state index is 12.3. The van der Waals surface area contributed by atoms with Gasteiger partial charge in [0, 0.05) is 36.5 Å². The molecule has 2 aromatic rings. The van der Waals surface area contributed by atoms with E-state index in [-0.39, 0.29) is 5.91 Å². The molecule has 1 aromatic heterocycles. The highest BCUT2D eigenvalue weighted by Gasteiger charge is 2.24. The van der Waals surface area contributed by atoms with E-state index in [2.05, 4.69) is 10.3 Å². The van der Waals surface area contributed by atoms with Gasteiger partial charge in [-0.05, 0) is 17.7 Å². The summed E-state index contributed by atoms with van der Waals surface area (Å²) >= 11 is 1.52. The summed E-state index contributed by atoms with van der Waals surface area (Å²) < 4.78 is 0. The molecule has 0 unspecified atom stereocenters. The number of carbonyl (C=O) groups excluding carboxylic acids is 2. The number of nitriles is 1. The molecule has 0 bridgehead atoms. The van der Waals surface area contributed by atoms with Crippen LogP contribution in [0, 0.1) is 11.5 Å². The molecule has 0 fully saturated rings. The van der Waals surface area contributed by atoms with E-state index in [1.165, 1.54) is 31.2 Å². The SMILES string of the molecule is CN(C#N)C(=O)[C@H](CSCc1ccccc1)NC(=O)c1ccncc1. The molecular weight excluding hydrogens is 336 g/mol. The summed E-state index contributed by atoms with van der Waals surface area (Å²) in [7, 11) is 1.38. The number of hydrogen-bond donors (Lipinski definition) is 1. The average molecular weight is 354 g/mol. The molecular formula is C18H18N4O2S. The van der Waals surface area contributed by atoms with Gasteiger partial charge in [0.2, 0.25) is 0 Å². The van der Waals surface area contributed by atoms with Crippen LogP contribution in [-0.4, -0.2) is 40.5 Å². The fourth-order valence-electron chi connectivity index (χ4n) is 2.07. The van der Waals surface area contributed by atoms with Gasteiger partial charge in [-0.2, -0.15) is 17.0 Å². The van der Waals surface area contributed by atoms with Gasteiger partial charge in [-0.3, -0.25) is 19.5 Å². The first-order chi connectivity index (χ1) is 12.1. The summed E-state index contributed by atoms with van der Waals surface area (Å²) in [6.45, 7) is 0. The van der Waals surface area contributed by atoms with Gasteiger partial charge in [-0.1, -0.05) is 30.3 Å². The molecule has 7 heteroatoms. The number of carbonyl (C=O) groups is 2. The summed E-state index contributed by atoms with van der Waals surface area (Å²) in [6.07, 6.45) is 4.80. The monoisotopic (exact) mass is 354 g/mol. The van der Waals surface area contributed by atoms with Crippen LogP contribution in [0.2, 0.25) is 0 Å². The third-order valence-electron chi connectivity index (χ3n) is 3.42. The van der Waals surface area contributed by atoms with Crippen molar-refractivity contribution in [2.24, 2.45) is 0 Å². The van der Waals surface area contributed by atoms with Gasteiger partial charge >= 0.3 is 0 Å². The predicted octanol–water partition coefficient (Wildman–Crippen LogP) is 2.05. The lowest BCUT2D eigenvalue weighted by atomic mass is 10.2. The van der Waals surface area contributed by atoms with Crippen molar-refractivity contribution in [1.82, 2.24) is 15.2 Å². The van der Waals surface area contributed by atoms with E-state index >= 15 is 0 Å². The third-order valence-corrected chi connectivity index (χ3v) is 4.53. The number of likely N-dealkylation sites (N-methyl/N-ethyl adjacent to an activating group) is 1. The Morgan fingerprint density at radius 1 is 1.24 bits per heavy atom. The summed E-state index contributed by atoms with van der Waals surface area (Å²) in [5.74, 6) is 0.278. The average Bonchev–Trinajstić information content (AvgIpc) is 2.67. The lowest BCUT2D eigenvalue weighted by Crippen LogP contribution is -2.47. The molecule has 2 rings (SSSR count). The minimum atomic E-state index is -0.779. The smallest absolute Gasteiger partial charge is 0.258 e. The largest absolute Gasteiger partial charge is 0.339 e. The zero-order valence-electron chi connectivity index (χ0n) is 13.8. The first-order valence-corrected chi connectivity index (χ1v) is 8.77. The van der Waals surface area contributed by atoms with Crippen molar-refractivity contribution in [3.8, 4) is 6.19 Å².